The summed E-state index contributed by atoms with van der Waals surface area (Å²) in [6.07, 6.45) is 3.35. The van der Waals surface area contributed by atoms with Crippen LogP contribution in [0.25, 0.3) is 0 Å². The highest BCUT2D eigenvalue weighted by molar-refractivity contribution is 5.75. The quantitative estimate of drug-likeness (QED) is 0.549. The zero-order chi connectivity index (χ0) is 12.4. The van der Waals surface area contributed by atoms with Gasteiger partial charge in [0, 0.05) is 6.04 Å². The van der Waals surface area contributed by atoms with E-state index >= 15 is 0 Å². The number of carbonyl (C=O) groups excluding carboxylic acids is 1. The van der Waals surface area contributed by atoms with E-state index in [1.807, 2.05) is 0 Å². The standard InChI is InChI=1S/C12H27N3O/c1-4-5-8-15(10-12(13)16)9-6-7-14-11(2)3/h11,14H,4-10H2,1-3H3,(H2,13,16). The minimum Gasteiger partial charge on any atom is -0.369 e. The van der Waals surface area contributed by atoms with Crippen molar-refractivity contribution in [3.63, 3.8) is 0 Å². The molecule has 0 aliphatic heterocycles. The van der Waals surface area contributed by atoms with Crippen LogP contribution in [0.4, 0.5) is 0 Å². The summed E-state index contributed by atoms with van der Waals surface area (Å²) in [5.41, 5.74) is 5.22. The number of carbonyl (C=O) groups is 1. The van der Waals surface area contributed by atoms with Gasteiger partial charge < -0.3 is 11.1 Å². The number of hydrogen-bond donors (Lipinski definition) is 2. The Kier molecular flexibility index (Phi) is 9.24. The van der Waals surface area contributed by atoms with Gasteiger partial charge >= 0.3 is 0 Å². The Hall–Kier alpha value is -0.610. The Balaban J connectivity index is 3.68. The number of nitrogens with two attached hydrogens (primary N) is 1. The highest BCUT2D eigenvalue weighted by Gasteiger charge is 2.07. The number of rotatable bonds is 10. The van der Waals surface area contributed by atoms with Gasteiger partial charge in [0.2, 0.25) is 5.91 Å². The molecule has 0 bridgehead atoms. The summed E-state index contributed by atoms with van der Waals surface area (Å²) in [4.78, 5) is 13.0. The molecule has 0 aromatic heterocycles. The van der Waals surface area contributed by atoms with Crippen molar-refractivity contribution in [2.45, 2.75) is 46.1 Å². The Morgan fingerprint density at radius 3 is 2.44 bits per heavy atom. The minimum atomic E-state index is -0.229. The van der Waals surface area contributed by atoms with Gasteiger partial charge in [-0.2, -0.15) is 0 Å². The van der Waals surface area contributed by atoms with Crippen molar-refractivity contribution in [3.05, 3.63) is 0 Å². The van der Waals surface area contributed by atoms with Crippen LogP contribution in [0, 0.1) is 0 Å². The van der Waals surface area contributed by atoms with Crippen LogP contribution in [0.1, 0.15) is 40.0 Å². The maximum Gasteiger partial charge on any atom is 0.231 e. The van der Waals surface area contributed by atoms with Gasteiger partial charge in [-0.3, -0.25) is 9.69 Å². The highest BCUT2D eigenvalue weighted by atomic mass is 16.1. The van der Waals surface area contributed by atoms with Crippen LogP contribution in [0.3, 0.4) is 0 Å². The van der Waals surface area contributed by atoms with E-state index in [1.165, 1.54) is 0 Å². The van der Waals surface area contributed by atoms with Gasteiger partial charge in [0.15, 0.2) is 0 Å². The molecule has 0 aromatic carbocycles. The number of nitrogens with one attached hydrogen (secondary N) is 1. The van der Waals surface area contributed by atoms with Crippen molar-refractivity contribution in [2.24, 2.45) is 5.73 Å². The molecule has 0 saturated heterocycles. The number of primary amides is 1. The van der Waals surface area contributed by atoms with Gasteiger partial charge in [-0.1, -0.05) is 27.2 Å². The van der Waals surface area contributed by atoms with E-state index in [-0.39, 0.29) is 5.91 Å². The lowest BCUT2D eigenvalue weighted by Crippen LogP contribution is -2.36. The summed E-state index contributed by atoms with van der Waals surface area (Å²) in [6, 6.07) is 0.528. The van der Waals surface area contributed by atoms with Crippen LogP contribution in [0.5, 0.6) is 0 Å². The first-order valence-electron chi connectivity index (χ1n) is 6.30. The van der Waals surface area contributed by atoms with E-state index in [4.69, 9.17) is 5.73 Å². The maximum atomic E-state index is 10.9. The van der Waals surface area contributed by atoms with E-state index in [0.717, 1.165) is 38.9 Å². The zero-order valence-electron chi connectivity index (χ0n) is 11.0. The maximum absolute atomic E-state index is 10.9. The third-order valence-corrected chi connectivity index (χ3v) is 2.41. The van der Waals surface area contributed by atoms with Gasteiger partial charge in [-0.05, 0) is 32.5 Å². The molecule has 0 aliphatic rings. The Labute approximate surface area is 99.6 Å². The smallest absolute Gasteiger partial charge is 0.231 e. The van der Waals surface area contributed by atoms with E-state index in [0.29, 0.717) is 12.6 Å². The second-order valence-electron chi connectivity index (χ2n) is 4.56. The monoisotopic (exact) mass is 229 g/mol. The van der Waals surface area contributed by atoms with Crippen LogP contribution in [-0.4, -0.2) is 43.0 Å². The fraction of sp³-hybridized carbons (Fsp3) is 0.917. The predicted molar refractivity (Wildman–Crippen MR) is 68.3 cm³/mol. The average Bonchev–Trinajstić information content (AvgIpc) is 2.19. The molecule has 0 aliphatic carbocycles. The third kappa shape index (κ3) is 9.93. The van der Waals surface area contributed by atoms with Crippen molar-refractivity contribution in [1.82, 2.24) is 10.2 Å². The summed E-state index contributed by atoms with van der Waals surface area (Å²) >= 11 is 0. The first-order valence-corrected chi connectivity index (χ1v) is 6.30. The molecule has 0 heterocycles. The van der Waals surface area contributed by atoms with Gasteiger partial charge in [0.1, 0.15) is 0 Å². The Morgan fingerprint density at radius 1 is 1.31 bits per heavy atom. The fourth-order valence-corrected chi connectivity index (χ4v) is 1.57. The molecule has 0 fully saturated rings. The van der Waals surface area contributed by atoms with Crippen molar-refractivity contribution in [3.8, 4) is 0 Å². The Morgan fingerprint density at radius 2 is 1.94 bits per heavy atom. The molecule has 0 radical (unpaired) electrons. The van der Waals surface area contributed by atoms with Crippen LogP contribution in [0.2, 0.25) is 0 Å². The summed E-state index contributed by atoms with van der Waals surface area (Å²) in [6.45, 7) is 9.74. The molecule has 3 N–H and O–H groups in total. The van der Waals surface area contributed by atoms with Crippen molar-refractivity contribution < 1.29 is 4.79 Å². The van der Waals surface area contributed by atoms with Crippen molar-refractivity contribution in [2.75, 3.05) is 26.2 Å². The molecule has 4 heteroatoms. The van der Waals surface area contributed by atoms with Crippen LogP contribution in [-0.2, 0) is 4.79 Å². The van der Waals surface area contributed by atoms with Crippen LogP contribution in [0.15, 0.2) is 0 Å². The van der Waals surface area contributed by atoms with Crippen LogP contribution >= 0.6 is 0 Å². The molecule has 0 atom stereocenters. The van der Waals surface area contributed by atoms with E-state index in [1.54, 1.807) is 0 Å². The largest absolute Gasteiger partial charge is 0.369 e. The predicted octanol–water partition coefficient (Wildman–Crippen LogP) is 0.962. The zero-order valence-corrected chi connectivity index (χ0v) is 11.0. The molecule has 0 unspecified atom stereocenters. The highest BCUT2D eigenvalue weighted by Crippen LogP contribution is 1.96. The number of hydrogen-bond acceptors (Lipinski definition) is 3. The van der Waals surface area contributed by atoms with Crippen LogP contribution < -0.4 is 11.1 Å². The Bertz CT molecular complexity index is 183. The van der Waals surface area contributed by atoms with Crippen molar-refractivity contribution in [1.29, 1.82) is 0 Å². The second-order valence-corrected chi connectivity index (χ2v) is 4.56. The lowest BCUT2D eigenvalue weighted by Gasteiger charge is -2.20. The summed E-state index contributed by atoms with van der Waals surface area (Å²) in [5, 5.41) is 3.37. The van der Waals surface area contributed by atoms with Gasteiger partial charge in [-0.25, -0.2) is 0 Å². The van der Waals surface area contributed by atoms with Gasteiger partial charge in [-0.15, -0.1) is 0 Å². The molecular weight excluding hydrogens is 202 g/mol. The topological polar surface area (TPSA) is 58.4 Å². The molecule has 4 nitrogen and oxygen atoms in total. The molecule has 0 aromatic rings. The molecule has 16 heavy (non-hydrogen) atoms. The van der Waals surface area contributed by atoms with E-state index in [9.17, 15) is 4.79 Å². The lowest BCUT2D eigenvalue weighted by molar-refractivity contribution is -0.119. The number of amides is 1. The normalized spacial score (nSPS) is 11.3. The third-order valence-electron chi connectivity index (χ3n) is 2.41. The molecule has 96 valence electrons. The molecule has 1 amide bonds. The van der Waals surface area contributed by atoms with Gasteiger partial charge in [0.05, 0.1) is 6.54 Å². The SMILES string of the molecule is CCCCN(CCCNC(C)C)CC(N)=O. The lowest BCUT2D eigenvalue weighted by atomic mass is 10.3. The molecular formula is C12H27N3O. The number of unbranched alkanes of at least 4 members (excludes halogenated alkanes) is 1. The van der Waals surface area contributed by atoms with Gasteiger partial charge in [0.25, 0.3) is 0 Å². The molecule has 0 spiro atoms. The van der Waals surface area contributed by atoms with E-state index in [2.05, 4.69) is 31.0 Å². The summed E-state index contributed by atoms with van der Waals surface area (Å²) < 4.78 is 0. The summed E-state index contributed by atoms with van der Waals surface area (Å²) in [5.74, 6) is -0.229. The first-order chi connectivity index (χ1) is 7.56. The first kappa shape index (κ1) is 15.4. The molecule has 0 saturated carbocycles. The number of nitrogens with zero attached hydrogens (tertiary/aromatic N) is 1. The molecule has 0 rings (SSSR count). The van der Waals surface area contributed by atoms with Crippen molar-refractivity contribution >= 4 is 5.91 Å². The minimum absolute atomic E-state index is 0.229. The summed E-state index contributed by atoms with van der Waals surface area (Å²) in [7, 11) is 0. The second kappa shape index (κ2) is 9.60. The average molecular weight is 229 g/mol. The van der Waals surface area contributed by atoms with E-state index < -0.39 is 0 Å². The fourth-order valence-electron chi connectivity index (χ4n) is 1.57.